The van der Waals surface area contributed by atoms with Crippen LogP contribution in [0.25, 0.3) is 0 Å². The van der Waals surface area contributed by atoms with E-state index < -0.39 is 5.82 Å². The summed E-state index contributed by atoms with van der Waals surface area (Å²) in [5, 5.41) is 2.78. The molecule has 2 aromatic carbocycles. The lowest BCUT2D eigenvalue weighted by atomic mass is 10.0. The maximum atomic E-state index is 13.1. The Morgan fingerprint density at radius 2 is 1.95 bits per heavy atom. The van der Waals surface area contributed by atoms with Gasteiger partial charge in [0.1, 0.15) is 5.82 Å². The summed E-state index contributed by atoms with van der Waals surface area (Å²) < 4.78 is 13.1. The van der Waals surface area contributed by atoms with Crippen molar-refractivity contribution in [3.8, 4) is 0 Å². The van der Waals surface area contributed by atoms with Gasteiger partial charge < -0.3 is 11.1 Å². The maximum absolute atomic E-state index is 13.1. The highest BCUT2D eigenvalue weighted by molar-refractivity contribution is 6.04. The van der Waals surface area contributed by atoms with E-state index in [2.05, 4.69) is 19.2 Å². The molecule has 0 fully saturated rings. The van der Waals surface area contributed by atoms with Gasteiger partial charge in [-0.05, 0) is 41.8 Å². The van der Waals surface area contributed by atoms with E-state index in [1.165, 1.54) is 18.2 Å². The van der Waals surface area contributed by atoms with Gasteiger partial charge in [0.05, 0.1) is 5.69 Å². The number of hydrogen-bond donors (Lipinski definition) is 2. The summed E-state index contributed by atoms with van der Waals surface area (Å²) in [5.74, 6) is -0.450. The average Bonchev–Trinajstić information content (AvgIpc) is 2.42. The van der Waals surface area contributed by atoms with Crippen LogP contribution in [0.5, 0.6) is 0 Å². The van der Waals surface area contributed by atoms with Gasteiger partial charge in [-0.15, -0.1) is 0 Å². The molecule has 3 N–H and O–H groups in total. The van der Waals surface area contributed by atoms with E-state index in [9.17, 15) is 9.18 Å². The molecule has 0 aliphatic carbocycles. The minimum Gasteiger partial charge on any atom is -0.396 e. The summed E-state index contributed by atoms with van der Waals surface area (Å²) >= 11 is 0. The molecule has 104 valence electrons. The lowest BCUT2D eigenvalue weighted by Crippen LogP contribution is -2.12. The second-order valence-electron chi connectivity index (χ2n) is 4.97. The fourth-order valence-corrected chi connectivity index (χ4v) is 1.86. The molecular weight excluding hydrogens is 255 g/mol. The largest absolute Gasteiger partial charge is 0.396 e. The second kappa shape index (κ2) is 5.74. The fourth-order valence-electron chi connectivity index (χ4n) is 1.86. The quantitative estimate of drug-likeness (QED) is 0.835. The van der Waals surface area contributed by atoms with Crippen molar-refractivity contribution in [2.45, 2.75) is 19.8 Å². The van der Waals surface area contributed by atoms with Crippen LogP contribution in [-0.2, 0) is 0 Å². The highest BCUT2D eigenvalue weighted by Gasteiger charge is 2.09. The van der Waals surface area contributed by atoms with Gasteiger partial charge in [0.2, 0.25) is 0 Å². The molecule has 0 aliphatic rings. The summed E-state index contributed by atoms with van der Waals surface area (Å²) in [6, 6.07) is 11.6. The van der Waals surface area contributed by atoms with Crippen LogP contribution in [0.2, 0.25) is 0 Å². The first-order chi connectivity index (χ1) is 9.47. The van der Waals surface area contributed by atoms with Crippen molar-refractivity contribution < 1.29 is 9.18 Å². The molecule has 0 saturated heterocycles. The molecule has 2 rings (SSSR count). The number of carbonyl (C=O) groups is 1. The van der Waals surface area contributed by atoms with Gasteiger partial charge in [-0.1, -0.05) is 26.0 Å². The van der Waals surface area contributed by atoms with Crippen molar-refractivity contribution in [1.29, 1.82) is 0 Å². The summed E-state index contributed by atoms with van der Waals surface area (Å²) in [6.45, 7) is 4.17. The maximum Gasteiger partial charge on any atom is 0.255 e. The van der Waals surface area contributed by atoms with Gasteiger partial charge in [-0.25, -0.2) is 4.39 Å². The van der Waals surface area contributed by atoms with Gasteiger partial charge in [-0.2, -0.15) is 0 Å². The first-order valence-corrected chi connectivity index (χ1v) is 6.43. The van der Waals surface area contributed by atoms with Crippen LogP contribution in [0.15, 0.2) is 42.5 Å². The van der Waals surface area contributed by atoms with Crippen LogP contribution in [0.3, 0.4) is 0 Å². The number of nitrogen functional groups attached to an aromatic ring is 1. The van der Waals surface area contributed by atoms with Gasteiger partial charge >= 0.3 is 0 Å². The summed E-state index contributed by atoms with van der Waals surface area (Å²) in [7, 11) is 0. The van der Waals surface area contributed by atoms with Crippen LogP contribution < -0.4 is 11.1 Å². The number of nitrogens with two attached hydrogens (primary N) is 1. The Balaban J connectivity index is 2.19. The smallest absolute Gasteiger partial charge is 0.255 e. The molecule has 0 radical (unpaired) electrons. The predicted molar refractivity (Wildman–Crippen MR) is 79.3 cm³/mol. The van der Waals surface area contributed by atoms with Gasteiger partial charge in [0, 0.05) is 11.3 Å². The normalized spacial score (nSPS) is 10.6. The molecule has 0 atom stereocenters. The van der Waals surface area contributed by atoms with E-state index >= 15 is 0 Å². The lowest BCUT2D eigenvalue weighted by Gasteiger charge is -2.10. The first kappa shape index (κ1) is 14.1. The molecular formula is C16H17FN2O. The number of hydrogen-bond acceptors (Lipinski definition) is 2. The molecule has 0 spiro atoms. The van der Waals surface area contributed by atoms with Gasteiger partial charge in [-0.3, -0.25) is 4.79 Å². The van der Waals surface area contributed by atoms with Crippen molar-refractivity contribution in [3.05, 3.63) is 59.4 Å². The number of rotatable bonds is 3. The zero-order valence-electron chi connectivity index (χ0n) is 11.5. The molecule has 1 amide bonds. The predicted octanol–water partition coefficient (Wildman–Crippen LogP) is 3.78. The van der Waals surface area contributed by atoms with Crippen LogP contribution >= 0.6 is 0 Å². The Bertz CT molecular complexity index is 638. The highest BCUT2D eigenvalue weighted by atomic mass is 19.1. The topological polar surface area (TPSA) is 55.1 Å². The first-order valence-electron chi connectivity index (χ1n) is 6.43. The molecule has 3 nitrogen and oxygen atoms in total. The van der Waals surface area contributed by atoms with E-state index in [1.54, 1.807) is 0 Å². The van der Waals surface area contributed by atoms with E-state index in [0.717, 1.165) is 5.56 Å². The summed E-state index contributed by atoms with van der Waals surface area (Å²) in [5.41, 5.74) is 7.61. The molecule has 0 saturated carbocycles. The van der Waals surface area contributed by atoms with Gasteiger partial charge in [0.15, 0.2) is 0 Å². The molecule has 0 bridgehead atoms. The molecule has 0 heterocycles. The molecule has 4 heteroatoms. The number of nitrogens with one attached hydrogen (secondary N) is 1. The van der Waals surface area contributed by atoms with Crippen LogP contribution in [0.1, 0.15) is 35.7 Å². The number of halogens is 1. The molecule has 0 aromatic heterocycles. The Morgan fingerprint density at radius 1 is 1.20 bits per heavy atom. The van der Waals surface area contributed by atoms with E-state index in [1.807, 2.05) is 24.3 Å². The molecule has 0 aliphatic heterocycles. The third-order valence-corrected chi connectivity index (χ3v) is 3.07. The number of carbonyl (C=O) groups excluding carboxylic acids is 1. The second-order valence-corrected chi connectivity index (χ2v) is 4.97. The monoisotopic (exact) mass is 272 g/mol. The van der Waals surface area contributed by atoms with Crippen LogP contribution in [0, 0.1) is 5.82 Å². The minimum atomic E-state index is -0.525. The average molecular weight is 272 g/mol. The van der Waals surface area contributed by atoms with Gasteiger partial charge in [0.25, 0.3) is 5.91 Å². The van der Waals surface area contributed by atoms with Crippen molar-refractivity contribution in [2.24, 2.45) is 0 Å². The molecule has 2 aromatic rings. The Hall–Kier alpha value is -2.36. The third-order valence-electron chi connectivity index (χ3n) is 3.07. The summed E-state index contributed by atoms with van der Waals surface area (Å²) in [6.07, 6.45) is 0. The number of amides is 1. The number of anilines is 2. The van der Waals surface area contributed by atoms with Crippen molar-refractivity contribution in [1.82, 2.24) is 0 Å². The SMILES string of the molecule is CC(C)c1cccc(NC(=O)c2ccc(F)c(N)c2)c1. The van der Waals surface area contributed by atoms with E-state index in [0.29, 0.717) is 17.2 Å². The zero-order valence-corrected chi connectivity index (χ0v) is 11.5. The molecule has 0 unspecified atom stereocenters. The molecule has 20 heavy (non-hydrogen) atoms. The summed E-state index contributed by atoms with van der Waals surface area (Å²) in [4.78, 5) is 12.1. The third kappa shape index (κ3) is 3.15. The Labute approximate surface area is 117 Å². The minimum absolute atomic E-state index is 0.0337. The van der Waals surface area contributed by atoms with Crippen molar-refractivity contribution in [2.75, 3.05) is 11.1 Å². The Kier molecular flexibility index (Phi) is 4.03. The van der Waals surface area contributed by atoms with E-state index in [4.69, 9.17) is 5.73 Å². The standard InChI is InChI=1S/C16H17FN2O/c1-10(2)11-4-3-5-13(8-11)19-16(20)12-6-7-14(17)15(18)9-12/h3-10H,18H2,1-2H3,(H,19,20). The highest BCUT2D eigenvalue weighted by Crippen LogP contribution is 2.19. The lowest BCUT2D eigenvalue weighted by molar-refractivity contribution is 0.102. The fraction of sp³-hybridized carbons (Fsp3) is 0.188. The van der Waals surface area contributed by atoms with Crippen molar-refractivity contribution in [3.63, 3.8) is 0 Å². The Morgan fingerprint density at radius 3 is 2.60 bits per heavy atom. The number of benzene rings is 2. The van der Waals surface area contributed by atoms with Crippen LogP contribution in [0.4, 0.5) is 15.8 Å². The van der Waals surface area contributed by atoms with Crippen LogP contribution in [-0.4, -0.2) is 5.91 Å². The zero-order chi connectivity index (χ0) is 14.7. The van der Waals surface area contributed by atoms with E-state index in [-0.39, 0.29) is 11.6 Å². The van der Waals surface area contributed by atoms with Crippen molar-refractivity contribution >= 4 is 17.3 Å².